The number of aryl methyl sites for hydroxylation is 1. The van der Waals surface area contributed by atoms with Crippen LogP contribution >= 0.6 is 0 Å². The lowest BCUT2D eigenvalue weighted by atomic mass is 9.93. The molecule has 0 aliphatic rings. The van der Waals surface area contributed by atoms with Gasteiger partial charge in [-0.05, 0) is 66.0 Å². The number of halogens is 1. The molecular formula is C28H29F. The summed E-state index contributed by atoms with van der Waals surface area (Å²) in [7, 11) is 0. The van der Waals surface area contributed by atoms with Crippen LogP contribution in [0.5, 0.6) is 0 Å². The molecule has 3 aromatic rings. The number of hydrogen-bond acceptors (Lipinski definition) is 0. The van der Waals surface area contributed by atoms with Crippen molar-refractivity contribution in [3.63, 3.8) is 0 Å². The molecule has 148 valence electrons. The Morgan fingerprint density at radius 2 is 1.55 bits per heavy atom. The zero-order valence-corrected chi connectivity index (χ0v) is 17.3. The second kappa shape index (κ2) is 10.6. The molecular weight excluding hydrogens is 355 g/mol. The third-order valence-corrected chi connectivity index (χ3v) is 5.25. The molecule has 0 spiro atoms. The lowest BCUT2D eigenvalue weighted by molar-refractivity contribution is 0.609. The summed E-state index contributed by atoms with van der Waals surface area (Å²) in [6.07, 6.45) is 10.7. The summed E-state index contributed by atoms with van der Waals surface area (Å²) in [5.41, 5.74) is 5.48. The highest BCUT2D eigenvalue weighted by Crippen LogP contribution is 2.21. The van der Waals surface area contributed by atoms with Crippen LogP contribution in [0.15, 0.2) is 84.9 Å². The maximum atomic E-state index is 14.3. The van der Waals surface area contributed by atoms with E-state index in [0.29, 0.717) is 5.92 Å². The van der Waals surface area contributed by atoms with E-state index in [1.807, 2.05) is 37.3 Å². The molecule has 0 saturated heterocycles. The molecule has 0 radical (unpaired) electrons. The molecule has 0 aromatic heterocycles. The predicted molar refractivity (Wildman–Crippen MR) is 123 cm³/mol. The molecule has 3 aromatic carbocycles. The van der Waals surface area contributed by atoms with Crippen LogP contribution in [0.3, 0.4) is 0 Å². The number of rotatable bonds is 8. The van der Waals surface area contributed by atoms with Gasteiger partial charge in [0.05, 0.1) is 0 Å². The van der Waals surface area contributed by atoms with Crippen molar-refractivity contribution in [1.82, 2.24) is 0 Å². The largest absolute Gasteiger partial charge is 0.207 e. The molecule has 29 heavy (non-hydrogen) atoms. The molecule has 0 saturated carbocycles. The van der Waals surface area contributed by atoms with Gasteiger partial charge in [0.2, 0.25) is 0 Å². The fourth-order valence-electron chi connectivity index (χ4n) is 3.49. The summed E-state index contributed by atoms with van der Waals surface area (Å²) in [6, 6.07) is 24.8. The van der Waals surface area contributed by atoms with Crippen molar-refractivity contribution in [2.24, 2.45) is 0 Å². The summed E-state index contributed by atoms with van der Waals surface area (Å²) >= 11 is 0. The number of benzene rings is 3. The van der Waals surface area contributed by atoms with E-state index in [9.17, 15) is 4.39 Å². The minimum absolute atomic E-state index is 0.123. The first-order valence-corrected chi connectivity index (χ1v) is 10.4. The number of allylic oxidation sites excluding steroid dienone is 2. The molecule has 0 heterocycles. The van der Waals surface area contributed by atoms with Gasteiger partial charge in [-0.3, -0.25) is 0 Å². The Kier molecular flexibility index (Phi) is 7.58. The van der Waals surface area contributed by atoms with Crippen molar-refractivity contribution in [2.45, 2.75) is 39.0 Å². The normalized spacial score (nSPS) is 12.7. The lowest BCUT2D eigenvalue weighted by Crippen LogP contribution is -1.98. The Hall–Kier alpha value is -2.93. The van der Waals surface area contributed by atoms with Crippen molar-refractivity contribution in [2.75, 3.05) is 0 Å². The van der Waals surface area contributed by atoms with Gasteiger partial charge >= 0.3 is 0 Å². The van der Waals surface area contributed by atoms with E-state index in [1.54, 1.807) is 6.07 Å². The molecule has 1 heteroatoms. The zero-order valence-electron chi connectivity index (χ0n) is 17.3. The van der Waals surface area contributed by atoms with Crippen LogP contribution < -0.4 is 0 Å². The third kappa shape index (κ3) is 6.29. The van der Waals surface area contributed by atoms with Gasteiger partial charge in [-0.1, -0.05) is 98.0 Å². The fraction of sp³-hybridized carbons (Fsp3) is 0.214. The first-order valence-electron chi connectivity index (χ1n) is 10.4. The molecule has 0 nitrogen and oxygen atoms in total. The Labute approximate surface area is 174 Å². The quantitative estimate of drug-likeness (QED) is 0.274. The lowest BCUT2D eigenvalue weighted by Gasteiger charge is -2.12. The highest BCUT2D eigenvalue weighted by molar-refractivity contribution is 5.69. The van der Waals surface area contributed by atoms with Crippen molar-refractivity contribution in [3.05, 3.63) is 119 Å². The van der Waals surface area contributed by atoms with Crippen LogP contribution in [0.1, 0.15) is 54.0 Å². The van der Waals surface area contributed by atoms with Crippen molar-refractivity contribution in [1.29, 1.82) is 0 Å². The van der Waals surface area contributed by atoms with E-state index < -0.39 is 0 Å². The van der Waals surface area contributed by atoms with Crippen LogP contribution in [0.25, 0.3) is 12.2 Å². The summed E-state index contributed by atoms with van der Waals surface area (Å²) in [5, 5.41) is 0. The standard InChI is InChI=1S/C28H29F/c1-3-4-6-11-27-19-18-25(21-28(27)29)17-14-23-12-15-24(16-13-23)20-22(2)26-9-7-5-8-10-26/h3-5,7-10,12-19,21-22H,6,11,20H2,1-2H3/b4-3+,17-14?/t22-/m1/s1. The van der Waals surface area contributed by atoms with Gasteiger partial charge in [0.1, 0.15) is 5.82 Å². The van der Waals surface area contributed by atoms with Gasteiger partial charge in [-0.2, -0.15) is 0 Å². The molecule has 0 N–H and O–H groups in total. The van der Waals surface area contributed by atoms with Gasteiger partial charge in [-0.15, -0.1) is 0 Å². The van der Waals surface area contributed by atoms with Gasteiger partial charge in [0.15, 0.2) is 0 Å². The van der Waals surface area contributed by atoms with Crippen molar-refractivity contribution >= 4 is 12.2 Å². The van der Waals surface area contributed by atoms with Gasteiger partial charge in [-0.25, -0.2) is 4.39 Å². The van der Waals surface area contributed by atoms with Crippen LogP contribution in [-0.4, -0.2) is 0 Å². The van der Waals surface area contributed by atoms with Crippen molar-refractivity contribution in [3.8, 4) is 0 Å². The van der Waals surface area contributed by atoms with Crippen molar-refractivity contribution < 1.29 is 4.39 Å². The zero-order chi connectivity index (χ0) is 20.5. The van der Waals surface area contributed by atoms with Crippen LogP contribution in [-0.2, 0) is 12.8 Å². The second-order valence-electron chi connectivity index (χ2n) is 7.55. The van der Waals surface area contributed by atoms with E-state index in [-0.39, 0.29) is 5.82 Å². The molecule has 1 atom stereocenters. The smallest absolute Gasteiger partial charge is 0.127 e. The Bertz CT molecular complexity index is 949. The summed E-state index contributed by atoms with van der Waals surface area (Å²) in [5.74, 6) is 0.369. The SMILES string of the molecule is C/C=C/CCc1ccc(C=Cc2ccc(C[C@@H](C)c3ccccc3)cc2)cc1F. The van der Waals surface area contributed by atoms with E-state index in [2.05, 4.69) is 67.6 Å². The Morgan fingerprint density at radius 3 is 2.24 bits per heavy atom. The Morgan fingerprint density at radius 1 is 0.862 bits per heavy atom. The topological polar surface area (TPSA) is 0 Å². The second-order valence-corrected chi connectivity index (χ2v) is 7.55. The molecule has 3 rings (SSSR count). The average molecular weight is 385 g/mol. The van der Waals surface area contributed by atoms with Crippen LogP contribution in [0.4, 0.5) is 4.39 Å². The molecule has 0 aliphatic carbocycles. The highest BCUT2D eigenvalue weighted by Gasteiger charge is 2.06. The van der Waals surface area contributed by atoms with Gasteiger partial charge in [0.25, 0.3) is 0 Å². The van der Waals surface area contributed by atoms with Gasteiger partial charge in [0, 0.05) is 0 Å². The minimum Gasteiger partial charge on any atom is -0.207 e. The third-order valence-electron chi connectivity index (χ3n) is 5.25. The van der Waals surface area contributed by atoms with Crippen LogP contribution in [0, 0.1) is 5.82 Å². The van der Waals surface area contributed by atoms with E-state index in [0.717, 1.165) is 36.0 Å². The summed E-state index contributed by atoms with van der Waals surface area (Å²) in [4.78, 5) is 0. The molecule has 0 amide bonds. The highest BCUT2D eigenvalue weighted by atomic mass is 19.1. The van der Waals surface area contributed by atoms with Gasteiger partial charge < -0.3 is 0 Å². The van der Waals surface area contributed by atoms with E-state index in [1.165, 1.54) is 11.1 Å². The van der Waals surface area contributed by atoms with E-state index in [4.69, 9.17) is 0 Å². The molecule has 0 aliphatic heterocycles. The van der Waals surface area contributed by atoms with Crippen LogP contribution in [0.2, 0.25) is 0 Å². The molecule has 0 bridgehead atoms. The molecule has 0 fully saturated rings. The fourth-order valence-corrected chi connectivity index (χ4v) is 3.49. The summed E-state index contributed by atoms with van der Waals surface area (Å²) < 4.78 is 14.3. The van der Waals surface area contributed by atoms with E-state index >= 15 is 0 Å². The first-order chi connectivity index (χ1) is 14.2. The maximum absolute atomic E-state index is 14.3. The predicted octanol–water partition coefficient (Wildman–Crippen LogP) is 7.85. The number of hydrogen-bond donors (Lipinski definition) is 0. The Balaban J connectivity index is 1.60. The first kappa shape index (κ1) is 20.8. The summed E-state index contributed by atoms with van der Waals surface area (Å²) in [6.45, 7) is 4.25. The monoisotopic (exact) mass is 384 g/mol. The maximum Gasteiger partial charge on any atom is 0.127 e. The minimum atomic E-state index is -0.123. The average Bonchev–Trinajstić information content (AvgIpc) is 2.75. The molecule has 0 unspecified atom stereocenters.